The largest absolute Gasteiger partial charge is 0.444 e. The third-order valence-electron chi connectivity index (χ3n) is 2.52. The topological polar surface area (TPSA) is 70.7 Å². The van der Waals surface area contributed by atoms with E-state index < -0.39 is 30.8 Å². The zero-order valence-corrected chi connectivity index (χ0v) is 11.2. The number of thiocarbonyl (C=S) groups is 1. The second-order valence-corrected chi connectivity index (χ2v) is 4.32. The molecule has 0 radical (unpaired) electrons. The molecule has 1 atom stereocenters. The molecule has 1 rings (SSSR count). The number of alkyl halides is 3. The zero-order chi connectivity index (χ0) is 15.2. The number of hydrogen-bond acceptors (Lipinski definition) is 5. The number of halogens is 3. The van der Waals surface area contributed by atoms with Crippen LogP contribution in [0.2, 0.25) is 0 Å². The van der Waals surface area contributed by atoms with E-state index in [2.05, 4.69) is 17.5 Å². The molecule has 1 aliphatic heterocycles. The van der Waals surface area contributed by atoms with Gasteiger partial charge in [0.1, 0.15) is 19.2 Å². The van der Waals surface area contributed by atoms with Crippen LogP contribution in [0.25, 0.3) is 0 Å². The summed E-state index contributed by atoms with van der Waals surface area (Å²) in [6, 6.07) is -1.04. The molecule has 1 heterocycles. The van der Waals surface area contributed by atoms with Gasteiger partial charge in [-0.2, -0.15) is 13.2 Å². The van der Waals surface area contributed by atoms with E-state index in [0.717, 1.165) is 4.90 Å². The molecule has 6 nitrogen and oxygen atoms in total. The Kier molecular flexibility index (Phi) is 6.14. The maximum Gasteiger partial charge on any atom is 0.410 e. The molecule has 1 fully saturated rings. The van der Waals surface area contributed by atoms with Crippen LogP contribution in [0.3, 0.4) is 0 Å². The summed E-state index contributed by atoms with van der Waals surface area (Å²) in [6.45, 7) is -0.882. The van der Waals surface area contributed by atoms with Crippen LogP contribution in [0.1, 0.15) is 0 Å². The van der Waals surface area contributed by atoms with Gasteiger partial charge < -0.3 is 15.4 Å². The summed E-state index contributed by atoms with van der Waals surface area (Å²) in [5.74, 6) is -0.881. The number of amides is 2. The van der Waals surface area contributed by atoms with E-state index >= 15 is 0 Å². The second kappa shape index (κ2) is 7.39. The van der Waals surface area contributed by atoms with Gasteiger partial charge in [-0.1, -0.05) is 12.2 Å². The third-order valence-corrected chi connectivity index (χ3v) is 2.65. The quantitative estimate of drug-likeness (QED) is 0.719. The molecule has 1 unspecified atom stereocenters. The lowest BCUT2D eigenvalue weighted by atomic mass is 10.2. The van der Waals surface area contributed by atoms with Crippen LogP contribution in [0, 0.1) is 0 Å². The molecule has 114 valence electrons. The average Bonchev–Trinajstić information content (AvgIpc) is 2.41. The minimum absolute atomic E-state index is 0.0659. The Morgan fingerprint density at radius 2 is 2.20 bits per heavy atom. The third kappa shape index (κ3) is 5.29. The van der Waals surface area contributed by atoms with E-state index in [4.69, 9.17) is 4.74 Å². The highest BCUT2D eigenvalue weighted by Gasteiger charge is 2.35. The van der Waals surface area contributed by atoms with Gasteiger partial charge in [0, 0.05) is 25.0 Å². The van der Waals surface area contributed by atoms with Crippen molar-refractivity contribution < 1.29 is 27.5 Å². The van der Waals surface area contributed by atoms with Crippen molar-refractivity contribution in [1.29, 1.82) is 0 Å². The monoisotopic (exact) mass is 313 g/mol. The number of hydrogen-bond donors (Lipinski definition) is 2. The molecule has 0 aliphatic carbocycles. The lowest BCUT2D eigenvalue weighted by molar-refractivity contribution is -0.141. The first-order chi connectivity index (χ1) is 9.35. The summed E-state index contributed by atoms with van der Waals surface area (Å²) in [5.41, 5.74) is 0. The summed E-state index contributed by atoms with van der Waals surface area (Å²) >= 11 is 4.50. The van der Waals surface area contributed by atoms with Crippen LogP contribution in [0.15, 0.2) is 0 Å². The lowest BCUT2D eigenvalue weighted by Gasteiger charge is -2.34. The fourth-order valence-corrected chi connectivity index (χ4v) is 1.72. The smallest absolute Gasteiger partial charge is 0.410 e. The van der Waals surface area contributed by atoms with Gasteiger partial charge in [0.15, 0.2) is 0 Å². The maximum atomic E-state index is 12.1. The van der Waals surface area contributed by atoms with Crippen molar-refractivity contribution in [2.45, 2.75) is 12.2 Å². The highest BCUT2D eigenvalue weighted by molar-refractivity contribution is 7.79. The summed E-state index contributed by atoms with van der Waals surface area (Å²) in [5, 5.41) is 5.78. The van der Waals surface area contributed by atoms with Crippen molar-refractivity contribution in [3.05, 3.63) is 0 Å². The van der Waals surface area contributed by atoms with Gasteiger partial charge in [-0.15, -0.1) is 0 Å². The minimum atomic E-state index is -4.50. The average molecular weight is 313 g/mol. The highest BCUT2D eigenvalue weighted by Crippen LogP contribution is 2.13. The van der Waals surface area contributed by atoms with Crippen molar-refractivity contribution in [3.63, 3.8) is 0 Å². The summed E-state index contributed by atoms with van der Waals surface area (Å²) in [7, 11) is 0. The van der Waals surface area contributed by atoms with E-state index in [1.165, 1.54) is 5.37 Å². The van der Waals surface area contributed by atoms with Gasteiger partial charge in [-0.25, -0.2) is 4.79 Å². The van der Waals surface area contributed by atoms with Crippen LogP contribution in [0.4, 0.5) is 18.0 Å². The van der Waals surface area contributed by atoms with E-state index in [0.29, 0.717) is 6.54 Å². The fourth-order valence-electron chi connectivity index (χ4n) is 1.65. The molecule has 20 heavy (non-hydrogen) atoms. The molecular weight excluding hydrogens is 299 g/mol. The molecule has 0 spiro atoms. The standard InChI is InChI=1S/C10H14F3N3O3S/c11-10(12,13)6-15-8(17)7-5-14-1-2-16(7)9(18)19-3-4-20/h4,7,14H,1-3,5-6H2,(H,15,17). The highest BCUT2D eigenvalue weighted by atomic mass is 32.1. The first kappa shape index (κ1) is 16.6. The Bertz CT molecular complexity index is 378. The van der Waals surface area contributed by atoms with Gasteiger partial charge in [-0.05, 0) is 0 Å². The van der Waals surface area contributed by atoms with Gasteiger partial charge in [0.25, 0.3) is 0 Å². The molecular formula is C10H14F3N3O3S. The van der Waals surface area contributed by atoms with Crippen LogP contribution < -0.4 is 10.6 Å². The van der Waals surface area contributed by atoms with Gasteiger partial charge in [0.05, 0.1) is 0 Å². The Morgan fingerprint density at radius 3 is 2.80 bits per heavy atom. The van der Waals surface area contributed by atoms with E-state index in [1.54, 1.807) is 5.32 Å². The molecule has 2 amide bonds. The predicted molar refractivity (Wildman–Crippen MR) is 67.4 cm³/mol. The molecule has 2 N–H and O–H groups in total. The number of piperazine rings is 1. The van der Waals surface area contributed by atoms with Crippen molar-refractivity contribution in [2.75, 3.05) is 32.8 Å². The van der Waals surface area contributed by atoms with Crippen LogP contribution in [-0.2, 0) is 9.53 Å². The zero-order valence-electron chi connectivity index (χ0n) is 10.4. The predicted octanol–water partition coefficient (Wildman–Crippen LogP) is 0.0750. The molecule has 10 heteroatoms. The van der Waals surface area contributed by atoms with Gasteiger partial charge >= 0.3 is 12.3 Å². The number of carbonyl (C=O) groups excluding carboxylic acids is 2. The molecule has 0 aromatic carbocycles. The molecule has 0 bridgehead atoms. The number of ether oxygens (including phenoxy) is 1. The Hall–Kier alpha value is -1.42. The van der Waals surface area contributed by atoms with Crippen molar-refractivity contribution in [3.8, 4) is 0 Å². The SMILES string of the molecule is O=C(NCC(F)(F)F)C1CNCCN1C(=O)OCC=S. The summed E-state index contributed by atoms with van der Waals surface area (Å²) in [6.07, 6.45) is -5.28. The second-order valence-electron chi connectivity index (χ2n) is 3.99. The van der Waals surface area contributed by atoms with E-state index in [1.807, 2.05) is 0 Å². The molecule has 0 aromatic rings. The van der Waals surface area contributed by atoms with E-state index in [-0.39, 0.29) is 19.7 Å². The Labute approximate surface area is 118 Å². The van der Waals surface area contributed by atoms with Crippen molar-refractivity contribution in [2.24, 2.45) is 0 Å². The number of carbonyl (C=O) groups is 2. The molecule has 1 aliphatic rings. The first-order valence-corrected chi connectivity index (χ1v) is 6.24. The van der Waals surface area contributed by atoms with Crippen LogP contribution in [0.5, 0.6) is 0 Å². The number of nitrogens with one attached hydrogen (secondary N) is 2. The lowest BCUT2D eigenvalue weighted by Crippen LogP contribution is -2.60. The molecule has 0 saturated carbocycles. The first-order valence-electron chi connectivity index (χ1n) is 5.77. The Balaban J connectivity index is 2.61. The fraction of sp³-hybridized carbons (Fsp3) is 0.700. The summed E-state index contributed by atoms with van der Waals surface area (Å²) in [4.78, 5) is 24.5. The van der Waals surface area contributed by atoms with Gasteiger partial charge in [-0.3, -0.25) is 9.69 Å². The van der Waals surface area contributed by atoms with Crippen molar-refractivity contribution in [1.82, 2.24) is 15.5 Å². The number of rotatable bonds is 4. The van der Waals surface area contributed by atoms with Crippen LogP contribution >= 0.6 is 12.2 Å². The molecule has 1 saturated heterocycles. The number of nitrogens with zero attached hydrogens (tertiary/aromatic N) is 1. The summed E-state index contributed by atoms with van der Waals surface area (Å²) < 4.78 is 40.9. The van der Waals surface area contributed by atoms with Crippen LogP contribution in [-0.4, -0.2) is 67.3 Å². The van der Waals surface area contributed by atoms with Crippen molar-refractivity contribution >= 4 is 29.6 Å². The van der Waals surface area contributed by atoms with E-state index in [9.17, 15) is 22.8 Å². The maximum absolute atomic E-state index is 12.1. The molecule has 0 aromatic heterocycles. The Morgan fingerprint density at radius 1 is 1.50 bits per heavy atom. The normalized spacial score (nSPS) is 19.4. The minimum Gasteiger partial charge on any atom is -0.444 e. The van der Waals surface area contributed by atoms with Gasteiger partial charge in [0.2, 0.25) is 5.91 Å².